The third kappa shape index (κ3) is 3.75. The number of methoxy groups -OCH3 is 1. The second kappa shape index (κ2) is 8.65. The van der Waals surface area contributed by atoms with Crippen LogP contribution in [0.15, 0.2) is 47.2 Å². The zero-order chi connectivity index (χ0) is 24.9. The van der Waals surface area contributed by atoms with Crippen LogP contribution in [0.2, 0.25) is 0 Å². The Hall–Kier alpha value is -3.44. The minimum atomic E-state index is -0.584. The molecule has 0 bridgehead atoms. The molecule has 1 aliphatic heterocycles. The number of allylic oxidation sites excluding steroid dienone is 3. The van der Waals surface area contributed by atoms with Crippen molar-refractivity contribution in [2.24, 2.45) is 11.1 Å². The average molecular weight is 489 g/mol. The molecule has 35 heavy (non-hydrogen) atoms. The third-order valence-electron chi connectivity index (χ3n) is 7.14. The highest BCUT2D eigenvalue weighted by molar-refractivity contribution is 7.16. The number of ketones is 1. The molecule has 7 nitrogen and oxygen atoms in total. The fraction of sp³-hybridized carbons (Fsp3) is 0.407. The van der Waals surface area contributed by atoms with E-state index in [9.17, 15) is 14.9 Å². The minimum Gasteiger partial charge on any atom is -0.465 e. The van der Waals surface area contributed by atoms with Gasteiger partial charge in [-0.3, -0.25) is 14.7 Å². The average Bonchev–Trinajstić information content (AvgIpc) is 3.21. The molecule has 0 aromatic carbocycles. The number of nitrogens with two attached hydrogens (primary N) is 1. The van der Waals surface area contributed by atoms with Gasteiger partial charge in [-0.1, -0.05) is 19.9 Å². The van der Waals surface area contributed by atoms with Crippen LogP contribution in [0.5, 0.6) is 0 Å². The number of aromatic nitrogens is 1. The van der Waals surface area contributed by atoms with Crippen LogP contribution in [0.3, 0.4) is 0 Å². The lowest BCUT2D eigenvalue weighted by atomic mass is 9.69. The van der Waals surface area contributed by atoms with E-state index >= 15 is 0 Å². The zero-order valence-electron chi connectivity index (χ0n) is 20.2. The van der Waals surface area contributed by atoms with Gasteiger partial charge in [0.15, 0.2) is 5.78 Å². The standard InChI is InChI=1S/C27H28N4O3S/c1-27(2)11-18-23(19(32)12-27)21(15-7-6-10-30-14-15)17(13-28)24(29)31(18)25-22(26(33)34-3)16-8-4-5-9-20(16)35-25/h6-7,10,14,21H,4-5,8-9,11-12,29H2,1-3H3. The van der Waals surface area contributed by atoms with Crippen molar-refractivity contribution >= 4 is 28.1 Å². The summed E-state index contributed by atoms with van der Waals surface area (Å²) in [6.45, 7) is 4.12. The fourth-order valence-electron chi connectivity index (χ4n) is 5.64. The Morgan fingerprint density at radius 1 is 1.31 bits per heavy atom. The maximum absolute atomic E-state index is 13.7. The van der Waals surface area contributed by atoms with E-state index in [1.165, 1.54) is 18.4 Å². The van der Waals surface area contributed by atoms with Gasteiger partial charge in [0.05, 0.1) is 30.2 Å². The molecule has 3 aliphatic rings. The second-order valence-corrected chi connectivity index (χ2v) is 11.2. The maximum atomic E-state index is 13.7. The fourth-order valence-corrected chi connectivity index (χ4v) is 7.06. The molecule has 3 heterocycles. The number of thiophene rings is 1. The van der Waals surface area contributed by atoms with E-state index in [0.717, 1.165) is 47.4 Å². The molecule has 5 rings (SSSR count). The van der Waals surface area contributed by atoms with Gasteiger partial charge in [-0.15, -0.1) is 11.3 Å². The van der Waals surface area contributed by atoms with Crippen LogP contribution < -0.4 is 10.6 Å². The molecule has 0 fully saturated rings. The summed E-state index contributed by atoms with van der Waals surface area (Å²) in [6, 6.07) is 5.96. The lowest BCUT2D eigenvalue weighted by Crippen LogP contribution is -2.42. The number of hydrogen-bond donors (Lipinski definition) is 1. The number of hydrogen-bond acceptors (Lipinski definition) is 8. The zero-order valence-corrected chi connectivity index (χ0v) is 21.0. The molecular weight excluding hydrogens is 460 g/mol. The van der Waals surface area contributed by atoms with E-state index in [2.05, 4.69) is 24.9 Å². The van der Waals surface area contributed by atoms with Crippen LogP contribution in [0, 0.1) is 16.7 Å². The monoisotopic (exact) mass is 488 g/mol. The molecule has 0 amide bonds. The van der Waals surface area contributed by atoms with Gasteiger partial charge in [0.1, 0.15) is 10.8 Å². The van der Waals surface area contributed by atoms with Gasteiger partial charge in [-0.25, -0.2) is 4.79 Å². The van der Waals surface area contributed by atoms with Crippen molar-refractivity contribution < 1.29 is 14.3 Å². The molecule has 1 unspecified atom stereocenters. The largest absolute Gasteiger partial charge is 0.465 e. The van der Waals surface area contributed by atoms with Crippen molar-refractivity contribution in [3.8, 4) is 6.07 Å². The smallest absolute Gasteiger partial charge is 0.341 e. The molecular formula is C27H28N4O3S. The highest BCUT2D eigenvalue weighted by Gasteiger charge is 2.46. The van der Waals surface area contributed by atoms with Gasteiger partial charge in [0.2, 0.25) is 0 Å². The number of carbonyl (C=O) groups is 2. The molecule has 8 heteroatoms. The van der Waals surface area contributed by atoms with Crippen LogP contribution in [0.1, 0.15) is 71.8 Å². The van der Waals surface area contributed by atoms with Crippen molar-refractivity contribution in [1.82, 2.24) is 4.98 Å². The number of nitriles is 1. The van der Waals surface area contributed by atoms with Crippen LogP contribution in [0.25, 0.3) is 0 Å². The van der Waals surface area contributed by atoms with E-state index in [0.29, 0.717) is 34.6 Å². The first-order chi connectivity index (χ1) is 16.8. The molecule has 2 aromatic heterocycles. The van der Waals surface area contributed by atoms with Crippen molar-refractivity contribution in [3.05, 3.63) is 68.8 Å². The third-order valence-corrected chi connectivity index (χ3v) is 8.42. The Kier molecular flexibility index (Phi) is 5.76. The minimum absolute atomic E-state index is 0.00343. The highest BCUT2D eigenvalue weighted by Crippen LogP contribution is 2.52. The molecule has 0 saturated heterocycles. The molecule has 2 aliphatic carbocycles. The topological polar surface area (TPSA) is 109 Å². The van der Waals surface area contributed by atoms with Gasteiger partial charge in [0.25, 0.3) is 0 Å². The summed E-state index contributed by atoms with van der Waals surface area (Å²) >= 11 is 1.53. The van der Waals surface area contributed by atoms with Crippen molar-refractivity contribution in [2.75, 3.05) is 12.0 Å². The first kappa shape index (κ1) is 23.3. The highest BCUT2D eigenvalue weighted by atomic mass is 32.1. The second-order valence-electron chi connectivity index (χ2n) is 10.1. The number of ether oxygens (including phenoxy) is 1. The number of pyridine rings is 1. The molecule has 1 atom stereocenters. The summed E-state index contributed by atoms with van der Waals surface area (Å²) in [5.41, 5.74) is 10.4. The normalized spacial score (nSPS) is 21.4. The number of esters is 1. The summed E-state index contributed by atoms with van der Waals surface area (Å²) in [5, 5.41) is 10.9. The van der Waals surface area contributed by atoms with E-state index in [4.69, 9.17) is 10.5 Å². The number of rotatable bonds is 3. The summed E-state index contributed by atoms with van der Waals surface area (Å²) < 4.78 is 5.20. The Bertz CT molecular complexity index is 1330. The summed E-state index contributed by atoms with van der Waals surface area (Å²) in [5.74, 6) is -0.742. The summed E-state index contributed by atoms with van der Waals surface area (Å²) in [4.78, 5) is 33.9. The van der Waals surface area contributed by atoms with Crippen molar-refractivity contribution in [3.63, 3.8) is 0 Å². The molecule has 180 valence electrons. The molecule has 0 spiro atoms. The number of Topliss-reactive ketones (excluding diaryl/α,β-unsaturated/α-hetero) is 1. The van der Waals surface area contributed by atoms with Gasteiger partial charge in [-0.05, 0) is 54.7 Å². The quantitative estimate of drug-likeness (QED) is 0.621. The number of fused-ring (bicyclic) bond motifs is 1. The predicted molar refractivity (Wildman–Crippen MR) is 134 cm³/mol. The SMILES string of the molecule is COC(=O)c1c(N2C(N)=C(C#N)C(c3cccnc3)C3=C2CC(C)(C)CC3=O)sc2c1CCCC2. The Morgan fingerprint density at radius 3 is 2.77 bits per heavy atom. The van der Waals surface area contributed by atoms with Crippen LogP contribution in [-0.2, 0) is 22.4 Å². The van der Waals surface area contributed by atoms with E-state index in [1.807, 2.05) is 11.0 Å². The lowest BCUT2D eigenvalue weighted by molar-refractivity contribution is -0.118. The molecule has 2 aromatic rings. The van der Waals surface area contributed by atoms with Gasteiger partial charge in [-0.2, -0.15) is 5.26 Å². The number of anilines is 1. The Balaban J connectivity index is 1.81. The van der Waals surface area contributed by atoms with Crippen LogP contribution in [-0.4, -0.2) is 23.8 Å². The van der Waals surface area contributed by atoms with Crippen molar-refractivity contribution in [2.45, 2.75) is 58.3 Å². The molecule has 2 N–H and O–H groups in total. The number of nitrogens with zero attached hydrogens (tertiary/aromatic N) is 3. The first-order valence-electron chi connectivity index (χ1n) is 11.9. The van der Waals surface area contributed by atoms with Crippen LogP contribution in [0.4, 0.5) is 5.00 Å². The lowest BCUT2D eigenvalue weighted by Gasteiger charge is -2.43. The Morgan fingerprint density at radius 2 is 2.09 bits per heavy atom. The summed E-state index contributed by atoms with van der Waals surface area (Å²) in [6.07, 6.45) is 8.07. The van der Waals surface area contributed by atoms with E-state index in [1.54, 1.807) is 18.5 Å². The van der Waals surface area contributed by atoms with Gasteiger partial charge < -0.3 is 10.5 Å². The summed E-state index contributed by atoms with van der Waals surface area (Å²) in [7, 11) is 1.38. The molecule has 0 radical (unpaired) electrons. The molecule has 0 saturated carbocycles. The number of aryl methyl sites for hydroxylation is 1. The number of carbonyl (C=O) groups excluding carboxylic acids is 2. The van der Waals surface area contributed by atoms with E-state index < -0.39 is 11.9 Å². The maximum Gasteiger partial charge on any atom is 0.341 e. The Labute approximate surface area is 208 Å². The van der Waals surface area contributed by atoms with Crippen molar-refractivity contribution in [1.29, 1.82) is 5.26 Å². The first-order valence-corrected chi connectivity index (χ1v) is 12.7. The van der Waals surface area contributed by atoms with Gasteiger partial charge >= 0.3 is 5.97 Å². The van der Waals surface area contributed by atoms with Gasteiger partial charge in [0, 0.05) is 35.0 Å². The van der Waals surface area contributed by atoms with E-state index in [-0.39, 0.29) is 17.0 Å². The van der Waals surface area contributed by atoms with Crippen LogP contribution >= 0.6 is 11.3 Å². The predicted octanol–water partition coefficient (Wildman–Crippen LogP) is 4.75.